The molecular weight excluding hydrogens is 510 g/mol. The van der Waals surface area contributed by atoms with Crippen LogP contribution in [0.15, 0.2) is 53.7 Å². The number of nitrogens with zero attached hydrogens (tertiary/aromatic N) is 7. The lowest BCUT2D eigenvalue weighted by Crippen LogP contribution is -2.46. The van der Waals surface area contributed by atoms with E-state index in [1.165, 1.54) is 4.80 Å². The molecule has 1 spiro atoms. The van der Waals surface area contributed by atoms with Gasteiger partial charge in [0.1, 0.15) is 16.8 Å². The second kappa shape index (κ2) is 9.92. The molecule has 2 aliphatic rings. The van der Waals surface area contributed by atoms with Crippen LogP contribution in [0.25, 0.3) is 16.6 Å². The number of H-pyrrole nitrogens is 1. The van der Waals surface area contributed by atoms with Gasteiger partial charge >= 0.3 is 6.09 Å². The van der Waals surface area contributed by atoms with Crippen molar-refractivity contribution in [1.82, 2.24) is 34.8 Å². The number of aromatic amines is 1. The van der Waals surface area contributed by atoms with Crippen LogP contribution < -0.4 is 15.8 Å². The topological polar surface area (TPSA) is 134 Å². The fourth-order valence-corrected chi connectivity index (χ4v) is 5.63. The van der Waals surface area contributed by atoms with Crippen LogP contribution in [0.5, 0.6) is 0 Å². The van der Waals surface area contributed by atoms with E-state index in [2.05, 4.69) is 25.4 Å². The number of anilines is 3. The normalized spacial score (nSPS) is 19.4. The number of rotatable bonds is 4. The number of piperidine rings is 1. The van der Waals surface area contributed by atoms with Crippen molar-refractivity contribution < 1.29 is 9.53 Å². The number of pyridine rings is 1. The van der Waals surface area contributed by atoms with Gasteiger partial charge in [0.2, 0.25) is 5.95 Å². The van der Waals surface area contributed by atoms with Crippen LogP contribution >= 0.6 is 0 Å². The second-order valence-electron chi connectivity index (χ2n) is 11.6. The van der Waals surface area contributed by atoms with Crippen molar-refractivity contribution in [3.05, 3.63) is 59.3 Å². The minimum absolute atomic E-state index is 0.0552. The van der Waals surface area contributed by atoms with Gasteiger partial charge in [0.25, 0.3) is 5.56 Å². The van der Waals surface area contributed by atoms with Crippen molar-refractivity contribution in [2.75, 3.05) is 36.4 Å². The third kappa shape index (κ3) is 5.21. The molecule has 1 aromatic carbocycles. The Kier molecular flexibility index (Phi) is 6.40. The molecular formula is C28H33N9O3. The molecule has 0 aliphatic carbocycles. The predicted molar refractivity (Wildman–Crippen MR) is 151 cm³/mol. The van der Waals surface area contributed by atoms with E-state index in [1.807, 2.05) is 49.9 Å². The monoisotopic (exact) mass is 543 g/mol. The molecule has 1 unspecified atom stereocenters. The highest BCUT2D eigenvalue weighted by atomic mass is 16.6. The van der Waals surface area contributed by atoms with Gasteiger partial charge in [0.15, 0.2) is 0 Å². The van der Waals surface area contributed by atoms with E-state index in [4.69, 9.17) is 14.7 Å². The van der Waals surface area contributed by atoms with Gasteiger partial charge in [-0.2, -0.15) is 20.0 Å². The summed E-state index contributed by atoms with van der Waals surface area (Å²) in [6, 6.07) is 9.37. The number of hydrogen-bond donors (Lipinski definition) is 2. The molecule has 1 atom stereocenters. The zero-order valence-electron chi connectivity index (χ0n) is 22.9. The molecule has 1 amide bonds. The summed E-state index contributed by atoms with van der Waals surface area (Å²) in [4.78, 5) is 43.6. The average Bonchev–Trinajstić information content (AvgIpc) is 3.59. The first kappa shape index (κ1) is 25.8. The van der Waals surface area contributed by atoms with Gasteiger partial charge < -0.3 is 24.8 Å². The second-order valence-corrected chi connectivity index (χ2v) is 11.6. The van der Waals surface area contributed by atoms with E-state index in [9.17, 15) is 9.59 Å². The van der Waals surface area contributed by atoms with Crippen molar-refractivity contribution >= 4 is 34.4 Å². The first-order valence-electron chi connectivity index (χ1n) is 13.5. The van der Waals surface area contributed by atoms with Crippen molar-refractivity contribution in [3.8, 4) is 5.69 Å². The Balaban J connectivity index is 1.29. The van der Waals surface area contributed by atoms with Crippen LogP contribution in [0.2, 0.25) is 0 Å². The molecule has 40 heavy (non-hydrogen) atoms. The predicted octanol–water partition coefficient (Wildman–Crippen LogP) is 3.87. The molecule has 12 heteroatoms. The summed E-state index contributed by atoms with van der Waals surface area (Å²) in [5, 5.41) is 12.1. The van der Waals surface area contributed by atoms with Gasteiger partial charge in [-0.05, 0) is 64.3 Å². The van der Waals surface area contributed by atoms with Crippen LogP contribution in [0, 0.1) is 5.41 Å². The third-order valence-corrected chi connectivity index (χ3v) is 7.40. The lowest BCUT2D eigenvalue weighted by molar-refractivity contribution is 0.0269. The maximum Gasteiger partial charge on any atom is 0.410 e. The summed E-state index contributed by atoms with van der Waals surface area (Å²) < 4.78 is 5.63. The molecule has 208 valence electrons. The Morgan fingerprint density at radius 2 is 1.90 bits per heavy atom. The molecule has 2 N–H and O–H groups in total. The molecule has 2 saturated heterocycles. The summed E-state index contributed by atoms with van der Waals surface area (Å²) in [6.07, 6.45) is 7.45. The lowest BCUT2D eigenvalue weighted by atomic mass is 9.79. The highest BCUT2D eigenvalue weighted by molar-refractivity contribution is 5.91. The first-order chi connectivity index (χ1) is 19.2. The van der Waals surface area contributed by atoms with E-state index >= 15 is 0 Å². The van der Waals surface area contributed by atoms with E-state index in [0.717, 1.165) is 43.7 Å². The number of carbonyl (C=O) groups is 1. The minimum Gasteiger partial charge on any atom is -0.444 e. The van der Waals surface area contributed by atoms with Crippen LogP contribution in [-0.4, -0.2) is 72.7 Å². The molecule has 0 radical (unpaired) electrons. The summed E-state index contributed by atoms with van der Waals surface area (Å²) in [5.41, 5.74) is 1.22. The summed E-state index contributed by atoms with van der Waals surface area (Å²) in [6.45, 7) is 8.49. The molecule has 0 bridgehead atoms. The van der Waals surface area contributed by atoms with E-state index in [1.54, 1.807) is 24.7 Å². The number of aromatic nitrogens is 6. The highest BCUT2D eigenvalue weighted by Crippen LogP contribution is 2.40. The summed E-state index contributed by atoms with van der Waals surface area (Å²) in [5.74, 6) is 0.981. The van der Waals surface area contributed by atoms with Gasteiger partial charge in [0, 0.05) is 43.5 Å². The van der Waals surface area contributed by atoms with Crippen molar-refractivity contribution in [2.24, 2.45) is 5.41 Å². The van der Waals surface area contributed by atoms with E-state index < -0.39 is 5.60 Å². The summed E-state index contributed by atoms with van der Waals surface area (Å²) in [7, 11) is 0. The van der Waals surface area contributed by atoms with Crippen molar-refractivity contribution in [1.29, 1.82) is 0 Å². The number of nitrogens with one attached hydrogen (secondary N) is 2. The van der Waals surface area contributed by atoms with Crippen molar-refractivity contribution in [2.45, 2.75) is 45.6 Å². The minimum atomic E-state index is -0.528. The molecule has 6 rings (SSSR count). The zero-order valence-corrected chi connectivity index (χ0v) is 22.9. The number of amides is 1. The van der Waals surface area contributed by atoms with Crippen LogP contribution in [-0.2, 0) is 4.74 Å². The standard InChI is InChI=1S/C28H33N9O3/c1-27(2,3)40-26(39)36-15-10-28(18-36)9-5-14-35(17-28)25-33-21-8-11-29-24(38)22(21)23(34-25)32-19-6-4-7-20(16-19)37-30-12-13-31-37/h4,6-8,11-13,16H,5,9-10,14-15,17-18H2,1-3H3,(H,29,38)(H,32,33,34). The van der Waals surface area contributed by atoms with Crippen molar-refractivity contribution in [3.63, 3.8) is 0 Å². The quantitative estimate of drug-likeness (QED) is 0.393. The fraction of sp³-hybridized carbons (Fsp3) is 0.429. The average molecular weight is 544 g/mol. The van der Waals surface area contributed by atoms with Gasteiger partial charge in [-0.3, -0.25) is 4.79 Å². The maximum absolute atomic E-state index is 12.9. The molecule has 2 aliphatic heterocycles. The first-order valence-corrected chi connectivity index (χ1v) is 13.5. The van der Waals surface area contributed by atoms with E-state index in [-0.39, 0.29) is 17.1 Å². The number of hydrogen-bond acceptors (Lipinski definition) is 9. The number of benzene rings is 1. The molecule has 2 fully saturated rings. The third-order valence-electron chi connectivity index (χ3n) is 7.40. The van der Waals surface area contributed by atoms with E-state index in [0.29, 0.717) is 35.8 Å². The fourth-order valence-electron chi connectivity index (χ4n) is 5.63. The van der Waals surface area contributed by atoms with Gasteiger partial charge in [0.05, 0.1) is 23.6 Å². The van der Waals surface area contributed by atoms with Crippen LogP contribution in [0.4, 0.5) is 22.2 Å². The zero-order chi connectivity index (χ0) is 27.9. The maximum atomic E-state index is 12.9. The van der Waals surface area contributed by atoms with Gasteiger partial charge in [-0.1, -0.05) is 6.07 Å². The smallest absolute Gasteiger partial charge is 0.410 e. The molecule has 12 nitrogen and oxygen atoms in total. The number of carbonyl (C=O) groups excluding carboxylic acids is 1. The highest BCUT2D eigenvalue weighted by Gasteiger charge is 2.44. The molecule has 0 saturated carbocycles. The molecule has 3 aromatic heterocycles. The Hall–Kier alpha value is -4.48. The number of likely N-dealkylation sites (tertiary alicyclic amines) is 1. The van der Waals surface area contributed by atoms with Crippen LogP contribution in [0.1, 0.15) is 40.0 Å². The van der Waals surface area contributed by atoms with Gasteiger partial charge in [-0.25, -0.2) is 9.78 Å². The molecule has 4 aromatic rings. The largest absolute Gasteiger partial charge is 0.444 e. The Morgan fingerprint density at radius 3 is 2.70 bits per heavy atom. The lowest BCUT2D eigenvalue weighted by Gasteiger charge is -2.40. The molecule has 5 heterocycles. The summed E-state index contributed by atoms with van der Waals surface area (Å²) >= 11 is 0. The van der Waals surface area contributed by atoms with Gasteiger partial charge in [-0.15, -0.1) is 0 Å². The Morgan fingerprint density at radius 1 is 1.07 bits per heavy atom. The Labute approximate surface area is 231 Å². The number of fused-ring (bicyclic) bond motifs is 1. The number of ether oxygens (including phenoxy) is 1. The SMILES string of the molecule is CC(C)(C)OC(=O)N1CCC2(CCCN(c3nc(Nc4cccc(-n5nccn5)c4)c4c(=O)[nH]ccc4n3)C2)C1. The van der Waals surface area contributed by atoms with Crippen LogP contribution in [0.3, 0.4) is 0 Å². The Bertz CT molecular complexity index is 1590.